The standard InChI is InChI=1S/C12H11ClIN3/c1-15-9-5-10(7-16-6-9)17-12-3-2-8(14)4-11(12)13/h2-7,15,17H,1H3. The maximum absolute atomic E-state index is 6.15. The van der Waals surface area contributed by atoms with E-state index in [2.05, 4.69) is 38.2 Å². The summed E-state index contributed by atoms with van der Waals surface area (Å²) in [6.45, 7) is 0. The highest BCUT2D eigenvalue weighted by Crippen LogP contribution is 2.27. The molecule has 1 aromatic heterocycles. The molecule has 0 saturated heterocycles. The van der Waals surface area contributed by atoms with Crippen molar-refractivity contribution in [2.24, 2.45) is 0 Å². The Morgan fingerprint density at radius 3 is 2.65 bits per heavy atom. The van der Waals surface area contributed by atoms with Crippen LogP contribution in [0.25, 0.3) is 0 Å². The predicted molar refractivity (Wildman–Crippen MR) is 81.2 cm³/mol. The van der Waals surface area contributed by atoms with Crippen molar-refractivity contribution in [3.63, 3.8) is 0 Å². The van der Waals surface area contributed by atoms with Crippen LogP contribution < -0.4 is 10.6 Å². The zero-order valence-electron chi connectivity index (χ0n) is 9.17. The molecule has 0 amide bonds. The van der Waals surface area contributed by atoms with Crippen LogP contribution in [0.1, 0.15) is 0 Å². The smallest absolute Gasteiger partial charge is 0.0651 e. The molecule has 1 heterocycles. The van der Waals surface area contributed by atoms with E-state index in [9.17, 15) is 0 Å². The number of aromatic nitrogens is 1. The number of benzene rings is 1. The molecule has 0 aliphatic heterocycles. The summed E-state index contributed by atoms with van der Waals surface area (Å²) < 4.78 is 1.11. The zero-order valence-corrected chi connectivity index (χ0v) is 12.1. The lowest BCUT2D eigenvalue weighted by molar-refractivity contribution is 1.30. The molecule has 1 aromatic carbocycles. The number of hydrogen-bond donors (Lipinski definition) is 2. The molecule has 0 spiro atoms. The number of anilines is 3. The fourth-order valence-electron chi connectivity index (χ4n) is 1.39. The molecule has 0 bridgehead atoms. The van der Waals surface area contributed by atoms with E-state index in [0.29, 0.717) is 5.02 Å². The highest BCUT2D eigenvalue weighted by molar-refractivity contribution is 14.1. The normalized spacial score (nSPS) is 10.1. The van der Waals surface area contributed by atoms with Crippen molar-refractivity contribution in [1.29, 1.82) is 0 Å². The lowest BCUT2D eigenvalue weighted by Gasteiger charge is -2.09. The fourth-order valence-corrected chi connectivity index (χ4v) is 2.29. The van der Waals surface area contributed by atoms with Crippen LogP contribution in [0.3, 0.4) is 0 Å². The summed E-state index contributed by atoms with van der Waals surface area (Å²) >= 11 is 8.38. The maximum Gasteiger partial charge on any atom is 0.0651 e. The lowest BCUT2D eigenvalue weighted by Crippen LogP contribution is -1.95. The van der Waals surface area contributed by atoms with Crippen LogP contribution >= 0.6 is 34.2 Å². The Kier molecular flexibility index (Phi) is 4.06. The molecule has 0 unspecified atom stereocenters. The van der Waals surface area contributed by atoms with Crippen molar-refractivity contribution in [2.75, 3.05) is 17.7 Å². The van der Waals surface area contributed by atoms with Crippen LogP contribution in [0, 0.1) is 3.57 Å². The van der Waals surface area contributed by atoms with Gasteiger partial charge in [0.05, 0.1) is 34.5 Å². The van der Waals surface area contributed by atoms with E-state index in [4.69, 9.17) is 11.6 Å². The second-order valence-electron chi connectivity index (χ2n) is 3.46. The summed E-state index contributed by atoms with van der Waals surface area (Å²) in [5, 5.41) is 6.98. The molecule has 2 N–H and O–H groups in total. The third kappa shape index (κ3) is 3.23. The zero-order chi connectivity index (χ0) is 12.3. The summed E-state index contributed by atoms with van der Waals surface area (Å²) in [5.74, 6) is 0. The fraction of sp³-hybridized carbons (Fsp3) is 0.0833. The summed E-state index contributed by atoms with van der Waals surface area (Å²) in [5.41, 5.74) is 2.73. The van der Waals surface area contributed by atoms with Crippen LogP contribution in [0.4, 0.5) is 17.1 Å². The molecule has 0 aliphatic carbocycles. The Hall–Kier alpha value is -1.01. The molecular weight excluding hydrogens is 349 g/mol. The minimum absolute atomic E-state index is 0.701. The van der Waals surface area contributed by atoms with Crippen LogP contribution in [-0.2, 0) is 0 Å². The first-order valence-corrected chi connectivity index (χ1v) is 6.49. The molecule has 88 valence electrons. The first-order chi connectivity index (χ1) is 8.19. The SMILES string of the molecule is CNc1cncc(Nc2ccc(I)cc2Cl)c1. The second kappa shape index (κ2) is 5.55. The first kappa shape index (κ1) is 12.4. The Bertz CT molecular complexity index is 531. The van der Waals surface area contributed by atoms with Crippen LogP contribution in [0.15, 0.2) is 36.7 Å². The molecule has 2 aromatic rings. The van der Waals surface area contributed by atoms with Crippen molar-refractivity contribution in [2.45, 2.75) is 0 Å². The van der Waals surface area contributed by atoms with Gasteiger partial charge in [0.15, 0.2) is 0 Å². The average molecular weight is 360 g/mol. The molecule has 0 atom stereocenters. The van der Waals surface area contributed by atoms with Crippen LogP contribution in [-0.4, -0.2) is 12.0 Å². The summed E-state index contributed by atoms with van der Waals surface area (Å²) in [4.78, 5) is 4.13. The Balaban J connectivity index is 2.25. The molecule has 2 rings (SSSR count). The highest BCUT2D eigenvalue weighted by Gasteiger charge is 2.02. The van der Waals surface area contributed by atoms with E-state index in [-0.39, 0.29) is 0 Å². The maximum atomic E-state index is 6.15. The van der Waals surface area contributed by atoms with Gasteiger partial charge < -0.3 is 10.6 Å². The van der Waals surface area contributed by atoms with Gasteiger partial charge in [0.2, 0.25) is 0 Å². The summed E-state index contributed by atoms with van der Waals surface area (Å²) in [7, 11) is 1.86. The van der Waals surface area contributed by atoms with Crippen molar-refractivity contribution in [3.8, 4) is 0 Å². The van der Waals surface area contributed by atoms with E-state index in [1.807, 2.05) is 31.3 Å². The topological polar surface area (TPSA) is 37.0 Å². The third-order valence-electron chi connectivity index (χ3n) is 2.24. The van der Waals surface area contributed by atoms with E-state index in [1.165, 1.54) is 0 Å². The number of halogens is 2. The molecule has 5 heteroatoms. The van der Waals surface area contributed by atoms with Crippen LogP contribution in [0.5, 0.6) is 0 Å². The van der Waals surface area contributed by atoms with Crippen molar-refractivity contribution >= 4 is 51.3 Å². The minimum atomic E-state index is 0.701. The Labute approximate surface area is 119 Å². The molecule has 0 radical (unpaired) electrons. The Morgan fingerprint density at radius 1 is 1.18 bits per heavy atom. The van der Waals surface area contributed by atoms with Crippen molar-refractivity contribution in [3.05, 3.63) is 45.3 Å². The van der Waals surface area contributed by atoms with Gasteiger partial charge >= 0.3 is 0 Å². The lowest BCUT2D eigenvalue weighted by atomic mass is 10.3. The third-order valence-corrected chi connectivity index (χ3v) is 3.22. The van der Waals surface area contributed by atoms with E-state index in [0.717, 1.165) is 20.6 Å². The van der Waals surface area contributed by atoms with E-state index in [1.54, 1.807) is 12.4 Å². The Morgan fingerprint density at radius 2 is 1.94 bits per heavy atom. The van der Waals surface area contributed by atoms with Gasteiger partial charge in [0.1, 0.15) is 0 Å². The van der Waals surface area contributed by atoms with Gasteiger partial charge in [-0.15, -0.1) is 0 Å². The minimum Gasteiger partial charge on any atom is -0.387 e. The van der Waals surface area contributed by atoms with Gasteiger partial charge in [0, 0.05) is 10.6 Å². The predicted octanol–water partition coefficient (Wildman–Crippen LogP) is 4.12. The summed E-state index contributed by atoms with van der Waals surface area (Å²) in [6.07, 6.45) is 3.52. The summed E-state index contributed by atoms with van der Waals surface area (Å²) in [6, 6.07) is 7.85. The molecule has 3 nitrogen and oxygen atoms in total. The van der Waals surface area contributed by atoms with Gasteiger partial charge in [-0.05, 0) is 46.9 Å². The van der Waals surface area contributed by atoms with Gasteiger partial charge in [-0.2, -0.15) is 0 Å². The first-order valence-electron chi connectivity index (χ1n) is 5.04. The molecule has 0 aliphatic rings. The number of nitrogens with zero attached hydrogens (tertiary/aromatic N) is 1. The van der Waals surface area contributed by atoms with E-state index < -0.39 is 0 Å². The van der Waals surface area contributed by atoms with Gasteiger partial charge in [0.25, 0.3) is 0 Å². The van der Waals surface area contributed by atoms with Gasteiger partial charge in [-0.1, -0.05) is 11.6 Å². The van der Waals surface area contributed by atoms with E-state index >= 15 is 0 Å². The number of nitrogens with one attached hydrogen (secondary N) is 2. The monoisotopic (exact) mass is 359 g/mol. The highest BCUT2D eigenvalue weighted by atomic mass is 127. The molecule has 17 heavy (non-hydrogen) atoms. The van der Waals surface area contributed by atoms with Crippen LogP contribution in [0.2, 0.25) is 5.02 Å². The number of pyridine rings is 1. The largest absolute Gasteiger partial charge is 0.387 e. The second-order valence-corrected chi connectivity index (χ2v) is 5.11. The number of rotatable bonds is 3. The quantitative estimate of drug-likeness (QED) is 0.809. The number of hydrogen-bond acceptors (Lipinski definition) is 3. The van der Waals surface area contributed by atoms with Gasteiger partial charge in [-0.3, -0.25) is 4.98 Å². The average Bonchev–Trinajstić information content (AvgIpc) is 2.33. The van der Waals surface area contributed by atoms with Gasteiger partial charge in [-0.25, -0.2) is 0 Å². The molecular formula is C12H11ClIN3. The van der Waals surface area contributed by atoms with Crippen molar-refractivity contribution in [1.82, 2.24) is 4.98 Å². The molecule has 0 fully saturated rings. The van der Waals surface area contributed by atoms with Crippen molar-refractivity contribution < 1.29 is 0 Å². The molecule has 0 saturated carbocycles.